The molecule has 0 saturated heterocycles. The highest BCUT2D eigenvalue weighted by Crippen LogP contribution is 2.27. The highest BCUT2D eigenvalue weighted by molar-refractivity contribution is 7.92. The van der Waals surface area contributed by atoms with Crippen LogP contribution in [0.5, 0.6) is 0 Å². The summed E-state index contributed by atoms with van der Waals surface area (Å²) in [4.78, 5) is 18.5. The molecular weight excluding hydrogens is 337 g/mol. The lowest BCUT2D eigenvalue weighted by molar-refractivity contribution is 0.101. The molecule has 1 N–H and O–H groups in total. The van der Waals surface area contributed by atoms with Crippen molar-refractivity contribution < 1.29 is 13.2 Å². The molecule has 0 fully saturated rings. The van der Waals surface area contributed by atoms with Gasteiger partial charge in [-0.15, -0.1) is 0 Å². The van der Waals surface area contributed by atoms with Crippen molar-refractivity contribution in [2.45, 2.75) is 11.8 Å². The largest absolute Gasteiger partial charge is 0.295 e. The number of carbonyl (C=O) groups excluding carboxylic acids is 1. The Hall–Kier alpha value is -1.70. The van der Waals surface area contributed by atoms with Gasteiger partial charge in [0.1, 0.15) is 11.3 Å². The zero-order chi connectivity index (χ0) is 15.6. The number of hydrogen-bond acceptors (Lipinski definition) is 5. The molecule has 0 spiro atoms. The Labute approximate surface area is 131 Å². The Morgan fingerprint density at radius 2 is 1.76 bits per heavy atom. The number of hydrogen-bond donors (Lipinski definition) is 1. The number of aromatic nitrogens is 2. The van der Waals surface area contributed by atoms with Gasteiger partial charge >= 0.3 is 0 Å². The molecule has 1 aromatic heterocycles. The Kier molecular flexibility index (Phi) is 4.46. The summed E-state index contributed by atoms with van der Waals surface area (Å²) in [7, 11) is -3.89. The first-order chi connectivity index (χ1) is 9.81. The standard InChI is InChI=1S/C12H9Cl2N3O3S/c1-7(18)8-2-4-9(5-3-8)21(19,20)17-12-10(13)11(14)15-6-16-12/h2-6H,1H3,(H,15,16,17). The normalized spacial score (nSPS) is 11.2. The lowest BCUT2D eigenvalue weighted by Crippen LogP contribution is -2.14. The second kappa shape index (κ2) is 5.97. The monoisotopic (exact) mass is 345 g/mol. The van der Waals surface area contributed by atoms with Crippen LogP contribution in [0.1, 0.15) is 17.3 Å². The topological polar surface area (TPSA) is 89.0 Å². The van der Waals surface area contributed by atoms with E-state index >= 15 is 0 Å². The van der Waals surface area contributed by atoms with E-state index in [2.05, 4.69) is 14.7 Å². The smallest absolute Gasteiger partial charge is 0.263 e. The maximum absolute atomic E-state index is 12.2. The maximum Gasteiger partial charge on any atom is 0.263 e. The third-order valence-corrected chi connectivity index (χ3v) is 4.65. The molecule has 110 valence electrons. The average Bonchev–Trinajstić information content (AvgIpc) is 2.44. The summed E-state index contributed by atoms with van der Waals surface area (Å²) >= 11 is 11.5. The van der Waals surface area contributed by atoms with Crippen LogP contribution >= 0.6 is 23.2 Å². The second-order valence-electron chi connectivity index (χ2n) is 4.01. The Morgan fingerprint density at radius 3 is 2.33 bits per heavy atom. The van der Waals surface area contributed by atoms with Crippen molar-refractivity contribution in [2.75, 3.05) is 4.72 Å². The first-order valence-corrected chi connectivity index (χ1v) is 7.85. The van der Waals surface area contributed by atoms with E-state index in [0.717, 1.165) is 6.33 Å². The van der Waals surface area contributed by atoms with Gasteiger partial charge in [-0.25, -0.2) is 18.4 Å². The van der Waals surface area contributed by atoms with Crippen molar-refractivity contribution >= 4 is 44.8 Å². The van der Waals surface area contributed by atoms with Gasteiger partial charge in [0.2, 0.25) is 0 Å². The number of anilines is 1. The van der Waals surface area contributed by atoms with Crippen molar-refractivity contribution in [1.29, 1.82) is 0 Å². The summed E-state index contributed by atoms with van der Waals surface area (Å²) in [5.74, 6) is -0.273. The van der Waals surface area contributed by atoms with E-state index in [1.807, 2.05) is 0 Å². The Balaban J connectivity index is 2.34. The molecule has 0 aliphatic carbocycles. The molecule has 9 heteroatoms. The fourth-order valence-electron chi connectivity index (χ4n) is 1.47. The van der Waals surface area contributed by atoms with Gasteiger partial charge in [-0.3, -0.25) is 9.52 Å². The van der Waals surface area contributed by atoms with Crippen molar-refractivity contribution in [3.05, 3.63) is 46.3 Å². The van der Waals surface area contributed by atoms with E-state index in [1.54, 1.807) is 0 Å². The van der Waals surface area contributed by atoms with Crippen molar-refractivity contribution in [3.8, 4) is 0 Å². The number of ketones is 1. The van der Waals surface area contributed by atoms with E-state index < -0.39 is 10.0 Å². The minimum absolute atomic E-state index is 0.0294. The van der Waals surface area contributed by atoms with E-state index in [1.165, 1.54) is 31.2 Å². The summed E-state index contributed by atoms with van der Waals surface area (Å²) in [5.41, 5.74) is 0.414. The zero-order valence-electron chi connectivity index (χ0n) is 10.7. The minimum Gasteiger partial charge on any atom is -0.295 e. The SMILES string of the molecule is CC(=O)c1ccc(S(=O)(=O)Nc2ncnc(Cl)c2Cl)cc1. The molecule has 0 unspecified atom stereocenters. The highest BCUT2D eigenvalue weighted by atomic mass is 35.5. The van der Waals surface area contributed by atoms with Crippen LogP contribution in [0.4, 0.5) is 5.82 Å². The molecule has 0 radical (unpaired) electrons. The number of Topliss-reactive ketones (excluding diaryl/α,β-unsaturated/α-hetero) is 1. The number of benzene rings is 1. The summed E-state index contributed by atoms with van der Waals surface area (Å²) < 4.78 is 26.6. The summed E-state index contributed by atoms with van der Waals surface area (Å²) in [6.45, 7) is 1.39. The van der Waals surface area contributed by atoms with E-state index in [4.69, 9.17) is 23.2 Å². The molecule has 6 nitrogen and oxygen atoms in total. The van der Waals surface area contributed by atoms with Gasteiger partial charge in [0.25, 0.3) is 10.0 Å². The van der Waals surface area contributed by atoms with Gasteiger partial charge in [-0.2, -0.15) is 0 Å². The second-order valence-corrected chi connectivity index (χ2v) is 6.43. The lowest BCUT2D eigenvalue weighted by Gasteiger charge is -2.09. The molecular formula is C12H9Cl2N3O3S. The van der Waals surface area contributed by atoms with Gasteiger partial charge in [-0.05, 0) is 19.1 Å². The van der Waals surface area contributed by atoms with E-state index in [0.29, 0.717) is 5.56 Å². The predicted octanol–water partition coefficient (Wildman–Crippen LogP) is 2.79. The number of rotatable bonds is 4. The molecule has 0 aliphatic rings. The fourth-order valence-corrected chi connectivity index (χ4v) is 2.83. The maximum atomic E-state index is 12.2. The molecule has 0 bridgehead atoms. The molecule has 0 amide bonds. The summed E-state index contributed by atoms with van der Waals surface area (Å²) in [5, 5.41) is -0.153. The van der Waals surface area contributed by atoms with E-state index in [9.17, 15) is 13.2 Å². The van der Waals surface area contributed by atoms with Crippen LogP contribution in [-0.2, 0) is 10.0 Å². The number of sulfonamides is 1. The molecule has 1 aromatic carbocycles. The van der Waals surface area contributed by atoms with Crippen LogP contribution in [0.25, 0.3) is 0 Å². The summed E-state index contributed by atoms with van der Waals surface area (Å²) in [6.07, 6.45) is 1.09. The highest BCUT2D eigenvalue weighted by Gasteiger charge is 2.18. The lowest BCUT2D eigenvalue weighted by atomic mass is 10.2. The number of carbonyl (C=O) groups is 1. The van der Waals surface area contributed by atoms with Crippen LogP contribution in [-0.4, -0.2) is 24.2 Å². The van der Waals surface area contributed by atoms with Gasteiger partial charge < -0.3 is 0 Å². The number of halogens is 2. The quantitative estimate of drug-likeness (QED) is 0.679. The average molecular weight is 346 g/mol. The van der Waals surface area contributed by atoms with Gasteiger partial charge in [-0.1, -0.05) is 35.3 Å². The molecule has 1 heterocycles. The number of nitrogens with one attached hydrogen (secondary N) is 1. The minimum atomic E-state index is -3.89. The zero-order valence-corrected chi connectivity index (χ0v) is 13.0. The Bertz CT molecular complexity index is 792. The first-order valence-electron chi connectivity index (χ1n) is 5.61. The first kappa shape index (κ1) is 15.7. The van der Waals surface area contributed by atoms with Gasteiger partial charge in [0.15, 0.2) is 16.8 Å². The molecule has 0 aliphatic heterocycles. The van der Waals surface area contributed by atoms with Crippen LogP contribution in [0, 0.1) is 0 Å². The number of nitrogens with zero attached hydrogens (tertiary/aromatic N) is 2. The molecule has 2 rings (SSSR count). The molecule has 0 atom stereocenters. The molecule has 21 heavy (non-hydrogen) atoms. The molecule has 2 aromatic rings. The van der Waals surface area contributed by atoms with Crippen LogP contribution in [0.2, 0.25) is 10.2 Å². The van der Waals surface area contributed by atoms with Crippen LogP contribution < -0.4 is 4.72 Å². The summed E-state index contributed by atoms with van der Waals surface area (Å²) in [6, 6.07) is 5.47. The van der Waals surface area contributed by atoms with Crippen LogP contribution in [0.3, 0.4) is 0 Å². The third-order valence-electron chi connectivity index (χ3n) is 2.55. The fraction of sp³-hybridized carbons (Fsp3) is 0.0833. The predicted molar refractivity (Wildman–Crippen MR) is 79.3 cm³/mol. The van der Waals surface area contributed by atoms with Gasteiger partial charge in [0, 0.05) is 5.56 Å². The van der Waals surface area contributed by atoms with Crippen LogP contribution in [0.15, 0.2) is 35.5 Å². The van der Waals surface area contributed by atoms with E-state index in [-0.39, 0.29) is 26.7 Å². The Morgan fingerprint density at radius 1 is 1.14 bits per heavy atom. The van der Waals surface area contributed by atoms with Crippen molar-refractivity contribution in [3.63, 3.8) is 0 Å². The van der Waals surface area contributed by atoms with Gasteiger partial charge in [0.05, 0.1) is 4.90 Å². The third kappa shape index (κ3) is 3.49. The van der Waals surface area contributed by atoms with Crippen molar-refractivity contribution in [2.24, 2.45) is 0 Å². The molecule has 0 saturated carbocycles. The van der Waals surface area contributed by atoms with Crippen molar-refractivity contribution in [1.82, 2.24) is 9.97 Å².